The zero-order valence-corrected chi connectivity index (χ0v) is 22.9. The molecule has 3 aromatic rings. The van der Waals surface area contributed by atoms with Gasteiger partial charge in [-0.1, -0.05) is 0 Å². The minimum atomic E-state index is -3.93. The number of aromatic nitrogens is 2. The lowest BCUT2D eigenvalue weighted by atomic mass is 10.0. The topological polar surface area (TPSA) is 102 Å². The summed E-state index contributed by atoms with van der Waals surface area (Å²) in [5, 5.41) is 4.19. The van der Waals surface area contributed by atoms with Crippen LogP contribution in [0.2, 0.25) is 0 Å². The Morgan fingerprint density at radius 3 is 2.62 bits per heavy atom. The van der Waals surface area contributed by atoms with E-state index in [1.54, 1.807) is 18.3 Å². The molecule has 2 saturated heterocycles. The molecule has 1 N–H and O–H groups in total. The van der Waals surface area contributed by atoms with E-state index in [1.807, 2.05) is 4.90 Å². The monoisotopic (exact) mass is 562 g/mol. The van der Waals surface area contributed by atoms with Gasteiger partial charge in [0, 0.05) is 42.9 Å². The first-order valence-electron chi connectivity index (χ1n) is 13.0. The molecule has 1 unspecified atom stereocenters. The van der Waals surface area contributed by atoms with E-state index in [1.165, 1.54) is 37.5 Å². The van der Waals surface area contributed by atoms with Crippen LogP contribution in [-0.2, 0) is 14.8 Å². The number of nitrogens with one attached hydrogen (secondary N) is 1. The highest BCUT2D eigenvalue weighted by Crippen LogP contribution is 2.42. The van der Waals surface area contributed by atoms with Crippen LogP contribution in [0.25, 0.3) is 5.52 Å². The van der Waals surface area contributed by atoms with Crippen molar-refractivity contribution in [2.24, 2.45) is 0 Å². The van der Waals surface area contributed by atoms with Gasteiger partial charge in [0.25, 0.3) is 5.91 Å². The number of nitrogens with zero attached hydrogens (tertiary/aromatic N) is 3. The molecule has 5 rings (SSSR count). The molecule has 2 aliphatic heterocycles. The molecule has 9 nitrogen and oxygen atoms in total. The van der Waals surface area contributed by atoms with Gasteiger partial charge in [-0.2, -0.15) is 5.10 Å². The van der Waals surface area contributed by atoms with Gasteiger partial charge in [0.15, 0.2) is 11.6 Å². The van der Waals surface area contributed by atoms with Gasteiger partial charge in [-0.05, 0) is 51.8 Å². The second-order valence-electron chi connectivity index (χ2n) is 10.9. The molecule has 1 aromatic carbocycles. The summed E-state index contributed by atoms with van der Waals surface area (Å²) in [5.74, 6) is -2.15. The molecular formula is C27H32F2N4O5S. The molecule has 39 heavy (non-hydrogen) atoms. The summed E-state index contributed by atoms with van der Waals surface area (Å²) in [6, 6.07) is 5.34. The number of rotatable bonds is 6. The third kappa shape index (κ3) is 5.44. The van der Waals surface area contributed by atoms with Crippen LogP contribution >= 0.6 is 0 Å². The summed E-state index contributed by atoms with van der Waals surface area (Å²) >= 11 is 0. The van der Waals surface area contributed by atoms with E-state index in [-0.39, 0.29) is 23.5 Å². The van der Waals surface area contributed by atoms with E-state index in [9.17, 15) is 17.6 Å². The standard InChI is InChI=1S/C27H32F2N4O5S/c1-27(2,3)39(35,36)31-26(34)21-16-30-33-10-6-18(15-24(21)33)32-9-4-5-23(32)20-13-17(28)14-22(29)25(20)38-19-7-11-37-12-8-19/h6,10,13-16,19,23H,4-5,7-9,11-12H2,1-3H3,(H,31,34). The maximum absolute atomic E-state index is 15.1. The number of anilines is 1. The number of pyridine rings is 1. The number of ether oxygens (including phenoxy) is 2. The summed E-state index contributed by atoms with van der Waals surface area (Å²) in [7, 11) is -3.93. The number of benzene rings is 1. The van der Waals surface area contributed by atoms with Crippen molar-refractivity contribution in [2.45, 2.75) is 63.3 Å². The van der Waals surface area contributed by atoms with Crippen LogP contribution in [0.15, 0.2) is 36.7 Å². The molecule has 210 valence electrons. The van der Waals surface area contributed by atoms with Gasteiger partial charge in [-0.15, -0.1) is 0 Å². The molecule has 0 bridgehead atoms. The fourth-order valence-corrected chi connectivity index (χ4v) is 5.63. The summed E-state index contributed by atoms with van der Waals surface area (Å²) in [5.41, 5.74) is 1.64. The van der Waals surface area contributed by atoms with E-state index in [2.05, 4.69) is 9.82 Å². The molecule has 0 spiro atoms. The van der Waals surface area contributed by atoms with Crippen LogP contribution in [0, 0.1) is 11.6 Å². The van der Waals surface area contributed by atoms with Gasteiger partial charge in [-0.3, -0.25) is 4.79 Å². The lowest BCUT2D eigenvalue weighted by molar-refractivity contribution is 0.0234. The Balaban J connectivity index is 1.48. The van der Waals surface area contributed by atoms with E-state index >= 15 is 4.39 Å². The molecule has 2 aromatic heterocycles. The van der Waals surface area contributed by atoms with Crippen molar-refractivity contribution >= 4 is 27.1 Å². The van der Waals surface area contributed by atoms with Gasteiger partial charge < -0.3 is 14.4 Å². The van der Waals surface area contributed by atoms with Gasteiger partial charge in [0.05, 0.1) is 41.3 Å². The van der Waals surface area contributed by atoms with E-state index in [0.29, 0.717) is 55.8 Å². The van der Waals surface area contributed by atoms with Crippen molar-refractivity contribution in [3.8, 4) is 5.75 Å². The number of fused-ring (bicyclic) bond motifs is 1. The van der Waals surface area contributed by atoms with E-state index in [0.717, 1.165) is 12.5 Å². The minimum Gasteiger partial charge on any atom is -0.487 e. The van der Waals surface area contributed by atoms with Crippen LogP contribution in [0.4, 0.5) is 14.5 Å². The number of hydrogen-bond acceptors (Lipinski definition) is 7. The molecule has 12 heteroatoms. The normalized spacial score (nSPS) is 19.0. The maximum Gasteiger partial charge on any atom is 0.268 e. The minimum absolute atomic E-state index is 0.0538. The molecule has 4 heterocycles. The first kappa shape index (κ1) is 27.3. The van der Waals surface area contributed by atoms with Crippen molar-refractivity contribution in [1.29, 1.82) is 0 Å². The zero-order chi connectivity index (χ0) is 27.9. The molecule has 0 saturated carbocycles. The highest BCUT2D eigenvalue weighted by molar-refractivity contribution is 7.91. The van der Waals surface area contributed by atoms with Gasteiger partial charge in [-0.25, -0.2) is 26.4 Å². The number of amides is 1. The summed E-state index contributed by atoms with van der Waals surface area (Å²) in [4.78, 5) is 15.0. The highest BCUT2D eigenvalue weighted by atomic mass is 32.2. The van der Waals surface area contributed by atoms with Gasteiger partial charge in [0.2, 0.25) is 10.0 Å². The molecule has 1 amide bonds. The van der Waals surface area contributed by atoms with Gasteiger partial charge in [0.1, 0.15) is 11.9 Å². The maximum atomic E-state index is 15.1. The predicted octanol–water partition coefficient (Wildman–Crippen LogP) is 4.37. The fraction of sp³-hybridized carbons (Fsp3) is 0.481. The van der Waals surface area contributed by atoms with E-state index in [4.69, 9.17) is 9.47 Å². The van der Waals surface area contributed by atoms with Crippen LogP contribution in [0.5, 0.6) is 5.75 Å². The van der Waals surface area contributed by atoms with Crippen molar-refractivity contribution in [2.75, 3.05) is 24.7 Å². The molecule has 0 radical (unpaired) electrons. The van der Waals surface area contributed by atoms with Crippen molar-refractivity contribution in [3.63, 3.8) is 0 Å². The number of halogens is 2. The Labute approximate surface area is 226 Å². The summed E-state index contributed by atoms with van der Waals surface area (Å²) in [6.45, 7) is 6.16. The Morgan fingerprint density at radius 2 is 1.90 bits per heavy atom. The Hall–Kier alpha value is -3.25. The third-order valence-electron chi connectivity index (χ3n) is 7.22. The SMILES string of the molecule is CC(C)(C)S(=O)(=O)NC(=O)c1cnn2ccc(N3CCCC3c3cc(F)cc(F)c3OC3CCOCC3)cc12. The quantitative estimate of drug-likeness (QED) is 0.476. The highest BCUT2D eigenvalue weighted by Gasteiger charge is 2.34. The Kier molecular flexibility index (Phi) is 7.27. The smallest absolute Gasteiger partial charge is 0.268 e. The second-order valence-corrected chi connectivity index (χ2v) is 13.3. The number of carbonyl (C=O) groups excluding carboxylic acids is 1. The number of hydrogen-bond donors (Lipinski definition) is 1. The Morgan fingerprint density at radius 1 is 1.15 bits per heavy atom. The lowest BCUT2D eigenvalue weighted by Gasteiger charge is -2.30. The predicted molar refractivity (Wildman–Crippen MR) is 141 cm³/mol. The molecule has 1 atom stereocenters. The van der Waals surface area contributed by atoms with E-state index < -0.39 is 32.3 Å². The fourth-order valence-electron chi connectivity index (χ4n) is 4.96. The number of carbonyl (C=O) groups is 1. The van der Waals surface area contributed by atoms with Crippen LogP contribution in [-0.4, -0.2) is 54.5 Å². The van der Waals surface area contributed by atoms with Crippen molar-refractivity contribution < 1.29 is 31.5 Å². The second kappa shape index (κ2) is 10.4. The zero-order valence-electron chi connectivity index (χ0n) is 22.1. The number of sulfonamides is 1. The van der Waals surface area contributed by atoms with Crippen LogP contribution in [0.1, 0.15) is 68.4 Å². The largest absolute Gasteiger partial charge is 0.487 e. The van der Waals surface area contributed by atoms with Crippen molar-refractivity contribution in [3.05, 3.63) is 59.4 Å². The van der Waals surface area contributed by atoms with Crippen LogP contribution in [0.3, 0.4) is 0 Å². The molecule has 2 aliphatic rings. The average Bonchev–Trinajstić information content (AvgIpc) is 3.52. The first-order chi connectivity index (χ1) is 18.4. The molecular weight excluding hydrogens is 530 g/mol. The lowest BCUT2D eigenvalue weighted by Crippen LogP contribution is -2.42. The van der Waals surface area contributed by atoms with Gasteiger partial charge >= 0.3 is 0 Å². The molecule has 2 fully saturated rings. The molecule has 0 aliphatic carbocycles. The summed E-state index contributed by atoms with van der Waals surface area (Å²) in [6.07, 6.45) is 5.43. The summed E-state index contributed by atoms with van der Waals surface area (Å²) < 4.78 is 68.5. The average molecular weight is 563 g/mol. The first-order valence-corrected chi connectivity index (χ1v) is 14.5. The third-order valence-corrected chi connectivity index (χ3v) is 9.28. The Bertz CT molecular complexity index is 1500. The van der Waals surface area contributed by atoms with Crippen LogP contribution < -0.4 is 14.4 Å². The van der Waals surface area contributed by atoms with Crippen molar-refractivity contribution in [1.82, 2.24) is 14.3 Å².